The molecular weight excluding hydrogens is 1000 g/mol. The lowest BCUT2D eigenvalue weighted by atomic mass is 9.99. The van der Waals surface area contributed by atoms with Crippen molar-refractivity contribution in [1.82, 2.24) is 36.8 Å². The van der Waals surface area contributed by atoms with Gasteiger partial charge in [0.25, 0.3) is 0 Å². The summed E-state index contributed by atoms with van der Waals surface area (Å²) in [5, 5.41) is 16.0. The SMILES string of the molecule is CC(C)C[C@@H](NC(=O)[C@H](N)Cc1ccccc1)C(=O)N[C@H](Cc1ccccc1)C(=O)N[C@H](CCC(N)=O)C(=O)N1CCC[C@@H]1C(=O)N[C@H](CCC(N)=O)C(=O)N[C@H](CCCN=C(N)N)C(=O)N[C@H](Cc1ccccc1)C(N)=O. The number of likely N-dealkylation sites (tertiary alicyclic amines) is 1. The van der Waals surface area contributed by atoms with Gasteiger partial charge >= 0.3 is 0 Å². The van der Waals surface area contributed by atoms with E-state index in [1.165, 1.54) is 4.90 Å². The molecular formula is C54H76N14O10. The monoisotopic (exact) mass is 1080 g/mol. The summed E-state index contributed by atoms with van der Waals surface area (Å²) in [5.74, 6) is -8.16. The number of hydrogen-bond acceptors (Lipinski definition) is 12. The highest BCUT2D eigenvalue weighted by molar-refractivity contribution is 5.98. The molecule has 422 valence electrons. The maximum absolute atomic E-state index is 14.6. The zero-order chi connectivity index (χ0) is 57.3. The summed E-state index contributed by atoms with van der Waals surface area (Å²) in [6.45, 7) is 3.78. The Morgan fingerprint density at radius 3 is 1.49 bits per heavy atom. The van der Waals surface area contributed by atoms with Crippen LogP contribution >= 0.6 is 0 Å². The topological polar surface area (TPSA) is 415 Å². The molecule has 1 heterocycles. The summed E-state index contributed by atoms with van der Waals surface area (Å²) in [6, 6.07) is 16.4. The number of guanidine groups is 1. The van der Waals surface area contributed by atoms with Crippen molar-refractivity contribution in [3.63, 3.8) is 0 Å². The number of rotatable bonds is 32. The fourth-order valence-corrected chi connectivity index (χ4v) is 8.81. The van der Waals surface area contributed by atoms with Crippen molar-refractivity contribution >= 4 is 65.0 Å². The van der Waals surface area contributed by atoms with Crippen LogP contribution in [0.4, 0.5) is 0 Å². The third-order valence-electron chi connectivity index (χ3n) is 12.9. The normalized spacial score (nSPS) is 15.6. The Labute approximate surface area is 453 Å². The molecule has 4 rings (SSSR count). The summed E-state index contributed by atoms with van der Waals surface area (Å²) in [7, 11) is 0. The first-order valence-electron chi connectivity index (χ1n) is 26.0. The Hall–Kier alpha value is -8.41. The van der Waals surface area contributed by atoms with Gasteiger partial charge in [0.05, 0.1) is 6.04 Å². The predicted molar refractivity (Wildman–Crippen MR) is 290 cm³/mol. The number of nitrogens with one attached hydrogen (secondary N) is 6. The van der Waals surface area contributed by atoms with Gasteiger partial charge in [-0.3, -0.25) is 52.9 Å². The summed E-state index contributed by atoms with van der Waals surface area (Å²) < 4.78 is 0. The number of carbonyl (C=O) groups excluding carboxylic acids is 10. The van der Waals surface area contributed by atoms with Gasteiger partial charge in [-0.25, -0.2) is 0 Å². The Bertz CT molecular complexity index is 2550. The van der Waals surface area contributed by atoms with Crippen LogP contribution in [0.5, 0.6) is 0 Å². The van der Waals surface area contributed by atoms with E-state index < -0.39 is 107 Å². The molecule has 18 N–H and O–H groups in total. The van der Waals surface area contributed by atoms with Crippen LogP contribution in [0.15, 0.2) is 96.0 Å². The summed E-state index contributed by atoms with van der Waals surface area (Å²) in [5.41, 5.74) is 36.0. The first-order chi connectivity index (χ1) is 37.1. The molecule has 3 aromatic rings. The van der Waals surface area contributed by atoms with Crippen molar-refractivity contribution in [2.45, 2.75) is 139 Å². The number of aliphatic imine (C=N–C) groups is 1. The van der Waals surface area contributed by atoms with Crippen LogP contribution in [0, 0.1) is 5.92 Å². The van der Waals surface area contributed by atoms with Crippen LogP contribution in [0.25, 0.3) is 0 Å². The predicted octanol–water partition coefficient (Wildman–Crippen LogP) is -1.94. The first-order valence-corrected chi connectivity index (χ1v) is 26.0. The third-order valence-corrected chi connectivity index (χ3v) is 12.9. The maximum atomic E-state index is 14.6. The minimum absolute atomic E-state index is 0.00718. The molecule has 0 radical (unpaired) electrons. The minimum Gasteiger partial charge on any atom is -0.370 e. The number of primary amides is 3. The average Bonchev–Trinajstić information content (AvgIpc) is 3.90. The molecule has 0 aromatic heterocycles. The lowest BCUT2D eigenvalue weighted by Gasteiger charge is -2.31. The highest BCUT2D eigenvalue weighted by Gasteiger charge is 2.40. The second-order valence-corrected chi connectivity index (χ2v) is 19.7. The Morgan fingerprint density at radius 1 is 0.538 bits per heavy atom. The van der Waals surface area contributed by atoms with Gasteiger partial charge in [-0.2, -0.15) is 0 Å². The fraction of sp³-hybridized carbons (Fsp3) is 0.463. The van der Waals surface area contributed by atoms with Crippen LogP contribution < -0.4 is 66.3 Å². The average molecular weight is 1080 g/mol. The number of nitrogens with two attached hydrogens (primary N) is 6. The van der Waals surface area contributed by atoms with Gasteiger partial charge in [0.15, 0.2) is 5.96 Å². The highest BCUT2D eigenvalue weighted by Crippen LogP contribution is 2.21. The van der Waals surface area contributed by atoms with Gasteiger partial charge in [0.1, 0.15) is 42.3 Å². The molecule has 1 fully saturated rings. The molecule has 8 atom stereocenters. The van der Waals surface area contributed by atoms with Crippen LogP contribution in [0.2, 0.25) is 0 Å². The zero-order valence-electron chi connectivity index (χ0n) is 44.2. The van der Waals surface area contributed by atoms with Gasteiger partial charge in [-0.15, -0.1) is 0 Å². The van der Waals surface area contributed by atoms with Crippen LogP contribution in [-0.4, -0.2) is 131 Å². The van der Waals surface area contributed by atoms with Crippen LogP contribution in [0.3, 0.4) is 0 Å². The van der Waals surface area contributed by atoms with E-state index in [2.05, 4.69) is 36.9 Å². The number of hydrogen-bond donors (Lipinski definition) is 12. The molecule has 0 aliphatic carbocycles. The van der Waals surface area contributed by atoms with Crippen LogP contribution in [-0.2, 0) is 67.2 Å². The Balaban J connectivity index is 1.56. The molecule has 0 unspecified atom stereocenters. The molecule has 24 nitrogen and oxygen atoms in total. The van der Waals surface area contributed by atoms with E-state index in [1.807, 2.05) is 44.2 Å². The number of carbonyl (C=O) groups is 10. The van der Waals surface area contributed by atoms with Crippen LogP contribution in [0.1, 0.15) is 88.3 Å². The van der Waals surface area contributed by atoms with Crippen molar-refractivity contribution in [3.8, 4) is 0 Å². The largest absolute Gasteiger partial charge is 0.370 e. The van der Waals surface area contributed by atoms with Crippen molar-refractivity contribution in [2.24, 2.45) is 45.3 Å². The molecule has 1 aliphatic heterocycles. The van der Waals surface area contributed by atoms with Gasteiger partial charge in [-0.05, 0) is 74.0 Å². The van der Waals surface area contributed by atoms with Gasteiger partial charge in [0.2, 0.25) is 59.1 Å². The number of amides is 10. The third kappa shape index (κ3) is 21.3. The molecule has 1 aliphatic rings. The molecule has 10 amide bonds. The maximum Gasteiger partial charge on any atom is 0.245 e. The summed E-state index contributed by atoms with van der Waals surface area (Å²) in [4.78, 5) is 141. The van der Waals surface area contributed by atoms with E-state index in [1.54, 1.807) is 60.7 Å². The molecule has 0 spiro atoms. The quantitative estimate of drug-likeness (QED) is 0.0184. The van der Waals surface area contributed by atoms with E-state index in [4.69, 9.17) is 34.4 Å². The minimum atomic E-state index is -1.50. The Kier molecular flexibility index (Phi) is 25.2. The lowest BCUT2D eigenvalue weighted by molar-refractivity contribution is -0.143. The lowest BCUT2D eigenvalue weighted by Crippen LogP contribution is -2.60. The summed E-state index contributed by atoms with van der Waals surface area (Å²) in [6.07, 6.45) is -0.533. The molecule has 3 aromatic carbocycles. The zero-order valence-corrected chi connectivity index (χ0v) is 44.2. The molecule has 24 heteroatoms. The van der Waals surface area contributed by atoms with E-state index in [-0.39, 0.29) is 95.6 Å². The first kappa shape index (κ1) is 62.1. The van der Waals surface area contributed by atoms with Gasteiger partial charge in [-0.1, -0.05) is 105 Å². The molecule has 0 saturated carbocycles. The second-order valence-electron chi connectivity index (χ2n) is 19.7. The molecule has 1 saturated heterocycles. The number of benzene rings is 3. The molecule has 0 bridgehead atoms. The fourth-order valence-electron chi connectivity index (χ4n) is 8.81. The van der Waals surface area contributed by atoms with Crippen molar-refractivity contribution in [3.05, 3.63) is 108 Å². The van der Waals surface area contributed by atoms with Crippen molar-refractivity contribution in [1.29, 1.82) is 0 Å². The second kappa shape index (κ2) is 31.6. The number of nitrogens with zero attached hydrogens (tertiary/aromatic N) is 2. The van der Waals surface area contributed by atoms with E-state index in [0.717, 1.165) is 5.56 Å². The van der Waals surface area contributed by atoms with Gasteiger partial charge in [0, 0.05) is 38.8 Å². The van der Waals surface area contributed by atoms with Crippen molar-refractivity contribution < 1.29 is 47.9 Å². The van der Waals surface area contributed by atoms with E-state index >= 15 is 0 Å². The van der Waals surface area contributed by atoms with Crippen molar-refractivity contribution in [2.75, 3.05) is 13.1 Å². The standard InChI is InChI=1S/C54H76N14O10/c1-32(2)28-41(66-47(72)36(55)29-33-14-6-3-7-15-33)50(75)67-42(31-35-18-10-5-11-19-35)51(76)64-39(23-25-45(57)70)53(78)68-27-13-21-43(68)52(77)63-38(22-24-44(56)69)49(74)62-37(20-12-26-61-54(59)60)48(73)65-40(46(58)71)30-34-16-8-4-9-17-34/h3-11,14-19,32,36-43H,12-13,20-31,55H2,1-2H3,(H2,56,69)(H2,57,70)(H2,58,71)(H,62,74)(H,63,77)(H,64,76)(H,65,73)(H,66,72)(H,67,75)(H4,59,60,61)/t36-,37-,38-,39-,40-,41-,42-,43-/m1/s1. The van der Waals surface area contributed by atoms with Gasteiger partial charge < -0.3 is 71.2 Å². The molecule has 78 heavy (non-hydrogen) atoms. The highest BCUT2D eigenvalue weighted by atomic mass is 16.2. The smallest absolute Gasteiger partial charge is 0.245 e. The van der Waals surface area contributed by atoms with E-state index in [9.17, 15) is 47.9 Å². The Morgan fingerprint density at radius 2 is 0.974 bits per heavy atom. The van der Waals surface area contributed by atoms with E-state index in [0.29, 0.717) is 17.5 Å². The summed E-state index contributed by atoms with van der Waals surface area (Å²) >= 11 is 0.